The van der Waals surface area contributed by atoms with Crippen molar-refractivity contribution in [3.05, 3.63) is 94.1 Å². The maximum Gasteiger partial charge on any atom is 0.244 e. The Hall–Kier alpha value is -3.38. The molecule has 6 rings (SSSR count). The number of aryl methyl sites for hydroxylation is 1. The van der Waals surface area contributed by atoms with Gasteiger partial charge in [0.2, 0.25) is 10.0 Å². The highest BCUT2D eigenvalue weighted by Crippen LogP contribution is 2.53. The van der Waals surface area contributed by atoms with Crippen molar-refractivity contribution in [1.82, 2.24) is 24.2 Å². The molecule has 0 bridgehead atoms. The fourth-order valence-electron chi connectivity index (χ4n) is 5.70. The zero-order valence-corrected chi connectivity index (χ0v) is 22.8. The average Bonchev–Trinajstić information content (AvgIpc) is 3.53. The van der Waals surface area contributed by atoms with Crippen molar-refractivity contribution < 1.29 is 22.1 Å². The monoisotopic (exact) mass is 569 g/mol. The Kier molecular flexibility index (Phi) is 6.41. The topological polar surface area (TPSA) is 103 Å². The first-order valence-corrected chi connectivity index (χ1v) is 14.1. The van der Waals surface area contributed by atoms with Crippen LogP contribution in [-0.2, 0) is 21.2 Å². The second-order valence-electron chi connectivity index (χ2n) is 9.83. The molecule has 4 heterocycles. The predicted molar refractivity (Wildman–Crippen MR) is 141 cm³/mol. The summed E-state index contributed by atoms with van der Waals surface area (Å²) in [5, 5.41) is 9.05. The molecule has 0 N–H and O–H groups in total. The van der Waals surface area contributed by atoms with Gasteiger partial charge in [0.05, 0.1) is 17.6 Å². The lowest BCUT2D eigenvalue weighted by Gasteiger charge is -2.49. The van der Waals surface area contributed by atoms with Crippen LogP contribution in [0.5, 0.6) is 0 Å². The second-order valence-corrected chi connectivity index (χ2v) is 12.2. The fraction of sp³-hybridized carbons (Fsp3) is 0.296. The van der Waals surface area contributed by atoms with E-state index < -0.39 is 21.5 Å². The molecule has 4 aromatic rings. The number of methoxy groups -OCH3 is 1. The molecule has 0 saturated carbocycles. The number of rotatable bonds is 6. The van der Waals surface area contributed by atoms with E-state index in [1.165, 1.54) is 34.8 Å². The molecular weight excluding hydrogens is 545 g/mol. The summed E-state index contributed by atoms with van der Waals surface area (Å²) >= 11 is 5.91. The van der Waals surface area contributed by atoms with Crippen LogP contribution in [0.1, 0.15) is 35.2 Å². The maximum absolute atomic E-state index is 13.7. The number of aromatic nitrogens is 4. The Morgan fingerprint density at radius 3 is 2.64 bits per heavy atom. The van der Waals surface area contributed by atoms with E-state index >= 15 is 0 Å². The van der Waals surface area contributed by atoms with Gasteiger partial charge >= 0.3 is 0 Å². The first-order chi connectivity index (χ1) is 18.7. The smallest absolute Gasteiger partial charge is 0.244 e. The van der Waals surface area contributed by atoms with Gasteiger partial charge in [0.1, 0.15) is 33.4 Å². The van der Waals surface area contributed by atoms with Crippen LogP contribution in [0.3, 0.4) is 0 Å². The number of benzene rings is 1. The van der Waals surface area contributed by atoms with Gasteiger partial charge in [0.25, 0.3) is 0 Å². The minimum Gasteiger partial charge on any atom is -0.374 e. The minimum atomic E-state index is -3.88. The number of hydrogen-bond donors (Lipinski definition) is 0. The first kappa shape index (κ1) is 25.9. The molecule has 0 radical (unpaired) electrons. The molecule has 3 aromatic heterocycles. The third-order valence-corrected chi connectivity index (χ3v) is 9.55. The lowest BCUT2D eigenvalue weighted by molar-refractivity contribution is -0.0184. The summed E-state index contributed by atoms with van der Waals surface area (Å²) in [5.41, 5.74) is 3.34. The predicted octanol–water partition coefficient (Wildman–Crippen LogP) is 4.76. The van der Waals surface area contributed by atoms with Crippen molar-refractivity contribution in [2.24, 2.45) is 5.41 Å². The van der Waals surface area contributed by atoms with Crippen molar-refractivity contribution in [3.8, 4) is 5.69 Å². The fourth-order valence-corrected chi connectivity index (χ4v) is 7.27. The van der Waals surface area contributed by atoms with Crippen LogP contribution in [0, 0.1) is 18.2 Å². The largest absolute Gasteiger partial charge is 0.374 e. The van der Waals surface area contributed by atoms with Gasteiger partial charge < -0.3 is 9.26 Å². The normalized spacial score (nSPS) is 20.3. The van der Waals surface area contributed by atoms with E-state index in [2.05, 4.69) is 21.3 Å². The maximum atomic E-state index is 13.7. The van der Waals surface area contributed by atoms with Crippen LogP contribution in [0.2, 0.25) is 5.15 Å². The highest BCUT2D eigenvalue weighted by Gasteiger charge is 2.52. The number of ether oxygens (including phenoxy) is 1. The zero-order valence-electron chi connectivity index (χ0n) is 21.2. The van der Waals surface area contributed by atoms with Gasteiger partial charge in [-0.3, -0.25) is 0 Å². The molecule has 2 atom stereocenters. The second kappa shape index (κ2) is 9.67. The highest BCUT2D eigenvalue weighted by atomic mass is 35.5. The zero-order chi connectivity index (χ0) is 27.4. The van der Waals surface area contributed by atoms with Crippen LogP contribution in [-0.4, -0.2) is 52.8 Å². The molecule has 1 aliphatic heterocycles. The van der Waals surface area contributed by atoms with Gasteiger partial charge in [-0.1, -0.05) is 22.3 Å². The summed E-state index contributed by atoms with van der Waals surface area (Å²) in [7, 11) is -2.28. The molecule has 0 spiro atoms. The Labute approximate surface area is 229 Å². The van der Waals surface area contributed by atoms with Crippen molar-refractivity contribution >= 4 is 27.7 Å². The van der Waals surface area contributed by atoms with E-state index in [1.54, 1.807) is 37.0 Å². The molecule has 202 valence electrons. The summed E-state index contributed by atoms with van der Waals surface area (Å²) < 4.78 is 55.7. The average molecular weight is 570 g/mol. The van der Waals surface area contributed by atoms with E-state index in [9.17, 15) is 12.8 Å². The number of piperidine rings is 1. The molecule has 0 amide bonds. The van der Waals surface area contributed by atoms with Crippen LogP contribution in [0.15, 0.2) is 69.8 Å². The number of hydrogen-bond acceptors (Lipinski definition) is 7. The van der Waals surface area contributed by atoms with E-state index in [0.29, 0.717) is 24.3 Å². The molecule has 1 fully saturated rings. The highest BCUT2D eigenvalue weighted by molar-refractivity contribution is 7.89. The van der Waals surface area contributed by atoms with Crippen molar-refractivity contribution in [2.75, 3.05) is 20.2 Å². The van der Waals surface area contributed by atoms with Gasteiger partial charge in [-0.05, 0) is 67.8 Å². The Balaban J connectivity index is 1.46. The van der Waals surface area contributed by atoms with Crippen LogP contribution in [0.4, 0.5) is 4.39 Å². The summed E-state index contributed by atoms with van der Waals surface area (Å²) in [6.07, 6.45) is 5.42. The van der Waals surface area contributed by atoms with E-state index in [0.717, 1.165) is 22.5 Å². The summed E-state index contributed by atoms with van der Waals surface area (Å²) in [6.45, 7) is 2.22. The molecule has 9 nitrogen and oxygen atoms in total. The SMILES string of the molecule is COC(c1cc(C)on1)[C@]12Cc3cnn(-c4ccc(F)cc4)c3C=C1CCN(S(=O)(=O)c1ccc(Cl)nc1)C2. The summed E-state index contributed by atoms with van der Waals surface area (Å²) in [5.74, 6) is 0.301. The lowest BCUT2D eigenvalue weighted by atomic mass is 9.64. The van der Waals surface area contributed by atoms with E-state index in [1.807, 2.05) is 6.07 Å². The number of pyridine rings is 1. The molecule has 2 aliphatic rings. The van der Waals surface area contributed by atoms with Gasteiger partial charge in [-0.15, -0.1) is 0 Å². The number of halogens is 2. The van der Waals surface area contributed by atoms with E-state index in [4.69, 9.17) is 20.9 Å². The number of sulfonamides is 1. The van der Waals surface area contributed by atoms with Crippen molar-refractivity contribution in [2.45, 2.75) is 30.8 Å². The number of nitrogens with zero attached hydrogens (tertiary/aromatic N) is 5. The molecule has 1 unspecified atom stereocenters. The molecule has 39 heavy (non-hydrogen) atoms. The molecule has 1 aromatic carbocycles. The molecule has 12 heteroatoms. The summed E-state index contributed by atoms with van der Waals surface area (Å²) in [6, 6.07) is 10.9. The Bertz CT molecular complexity index is 1670. The van der Waals surface area contributed by atoms with Crippen LogP contribution < -0.4 is 0 Å². The molecular formula is C27H25ClFN5O4S. The molecule has 1 aliphatic carbocycles. The van der Waals surface area contributed by atoms with E-state index in [-0.39, 0.29) is 29.0 Å². The van der Waals surface area contributed by atoms with Crippen molar-refractivity contribution in [3.63, 3.8) is 0 Å². The van der Waals surface area contributed by atoms with Crippen LogP contribution in [0.25, 0.3) is 11.8 Å². The van der Waals surface area contributed by atoms with Crippen LogP contribution >= 0.6 is 11.6 Å². The Morgan fingerprint density at radius 2 is 1.97 bits per heavy atom. The molecule has 1 saturated heterocycles. The van der Waals surface area contributed by atoms with Gasteiger partial charge in [0, 0.05) is 37.9 Å². The summed E-state index contributed by atoms with van der Waals surface area (Å²) in [4.78, 5) is 4.04. The quantitative estimate of drug-likeness (QED) is 0.308. The third kappa shape index (κ3) is 4.39. The number of fused-ring (bicyclic) bond motifs is 2. The minimum absolute atomic E-state index is 0.0707. The van der Waals surface area contributed by atoms with Crippen molar-refractivity contribution in [1.29, 1.82) is 0 Å². The van der Waals surface area contributed by atoms with Gasteiger partial charge in [0.15, 0.2) is 0 Å². The first-order valence-electron chi connectivity index (χ1n) is 12.3. The lowest BCUT2D eigenvalue weighted by Crippen LogP contribution is -2.52. The standard InChI is InChI=1S/C27H25ClFN5O4S/c1-17-11-23(32-38-17)26(37-2)27-13-18-14-31-34(21-5-3-20(29)4-6-21)24(18)12-19(27)9-10-33(16-27)39(35,36)22-7-8-25(28)30-15-22/h3-8,11-12,14-15,26H,9-10,13,16H2,1-2H3/t26?,27-/m0/s1. The van der Waals surface area contributed by atoms with Gasteiger partial charge in [-0.25, -0.2) is 22.5 Å². The van der Waals surface area contributed by atoms with Gasteiger partial charge in [-0.2, -0.15) is 9.40 Å². The third-order valence-electron chi connectivity index (χ3n) is 7.49. The Morgan fingerprint density at radius 1 is 1.18 bits per heavy atom.